The number of aromatic nitrogens is 4. The average Bonchev–Trinajstić information content (AvgIpc) is 3.05. The van der Waals surface area contributed by atoms with Crippen LogP contribution in [0.4, 0.5) is 0 Å². The normalized spacial score (nSPS) is 15.2. The summed E-state index contributed by atoms with van der Waals surface area (Å²) in [6.45, 7) is 7.23. The number of carbonyl (C=O) groups excluding carboxylic acids is 1. The largest absolute Gasteiger partial charge is 0.387 e. The maximum Gasteiger partial charge on any atom is 0.254 e. The first-order valence-electron chi connectivity index (χ1n) is 8.71. The standard InChI is InChI=1S/C19H21N5O2/c1-11-12(2)21-18-8-14(4-5-16(18)20-11)19(26)23-6-7-24-15(10-23)9-17(22-24)13(3)25/h4-5,8-9,13,25H,6-7,10H2,1-3H3/t13-/m1/s1. The lowest BCUT2D eigenvalue weighted by Gasteiger charge is -2.27. The zero-order chi connectivity index (χ0) is 18.4. The molecule has 0 saturated heterocycles. The van der Waals surface area contributed by atoms with Crippen LogP contribution in [0.5, 0.6) is 0 Å². The molecule has 26 heavy (non-hydrogen) atoms. The van der Waals surface area contributed by atoms with Crippen molar-refractivity contribution in [3.05, 3.63) is 52.6 Å². The Morgan fingerprint density at radius 3 is 2.58 bits per heavy atom. The van der Waals surface area contributed by atoms with E-state index in [2.05, 4.69) is 15.1 Å². The van der Waals surface area contributed by atoms with Crippen LogP contribution < -0.4 is 0 Å². The Bertz CT molecular complexity index is 1010. The fraction of sp³-hybridized carbons (Fsp3) is 0.368. The van der Waals surface area contributed by atoms with Crippen LogP contribution in [0.3, 0.4) is 0 Å². The first-order valence-corrected chi connectivity index (χ1v) is 8.71. The van der Waals surface area contributed by atoms with Crippen molar-refractivity contribution in [1.29, 1.82) is 0 Å². The molecular formula is C19H21N5O2. The predicted octanol–water partition coefficient (Wildman–Crippen LogP) is 2.15. The van der Waals surface area contributed by atoms with Crippen LogP contribution in [-0.4, -0.2) is 42.2 Å². The molecule has 1 N–H and O–H groups in total. The van der Waals surface area contributed by atoms with Gasteiger partial charge >= 0.3 is 0 Å². The number of fused-ring (bicyclic) bond motifs is 2. The van der Waals surface area contributed by atoms with Crippen LogP contribution in [-0.2, 0) is 13.1 Å². The van der Waals surface area contributed by atoms with E-state index in [0.717, 1.165) is 28.1 Å². The van der Waals surface area contributed by atoms with Gasteiger partial charge in [-0.3, -0.25) is 9.48 Å². The number of hydrogen-bond donors (Lipinski definition) is 1. The van der Waals surface area contributed by atoms with Crippen molar-refractivity contribution in [3.63, 3.8) is 0 Å². The van der Waals surface area contributed by atoms with E-state index in [-0.39, 0.29) is 5.91 Å². The highest BCUT2D eigenvalue weighted by Gasteiger charge is 2.24. The van der Waals surface area contributed by atoms with E-state index in [4.69, 9.17) is 0 Å². The molecule has 134 valence electrons. The Kier molecular flexibility index (Phi) is 3.96. The summed E-state index contributed by atoms with van der Waals surface area (Å²) in [5.74, 6) is -0.0297. The Morgan fingerprint density at radius 2 is 1.85 bits per heavy atom. The molecule has 0 fully saturated rings. The monoisotopic (exact) mass is 351 g/mol. The number of carbonyl (C=O) groups is 1. The number of aliphatic hydroxyl groups is 1. The lowest BCUT2D eigenvalue weighted by atomic mass is 10.1. The minimum absolute atomic E-state index is 0.0297. The van der Waals surface area contributed by atoms with Gasteiger partial charge < -0.3 is 10.0 Å². The third kappa shape index (κ3) is 2.84. The number of rotatable bonds is 2. The molecule has 1 aromatic carbocycles. The van der Waals surface area contributed by atoms with Gasteiger partial charge in [0.2, 0.25) is 0 Å². The second kappa shape index (κ2) is 6.17. The molecule has 1 aliphatic rings. The quantitative estimate of drug-likeness (QED) is 0.765. The number of benzene rings is 1. The van der Waals surface area contributed by atoms with Crippen molar-refractivity contribution in [2.45, 2.75) is 40.0 Å². The molecule has 4 rings (SSSR count). The van der Waals surface area contributed by atoms with E-state index in [1.165, 1.54) is 0 Å². The van der Waals surface area contributed by atoms with Gasteiger partial charge in [0.05, 0.1) is 53.0 Å². The van der Waals surface area contributed by atoms with Gasteiger partial charge in [0.15, 0.2) is 0 Å². The number of aliphatic hydroxyl groups excluding tert-OH is 1. The summed E-state index contributed by atoms with van der Waals surface area (Å²) in [5.41, 5.74) is 5.48. The summed E-state index contributed by atoms with van der Waals surface area (Å²) in [4.78, 5) is 23.8. The third-order valence-electron chi connectivity index (χ3n) is 4.85. The Balaban J connectivity index is 1.61. The Labute approximate surface area is 151 Å². The van der Waals surface area contributed by atoms with Crippen molar-refractivity contribution in [1.82, 2.24) is 24.6 Å². The van der Waals surface area contributed by atoms with E-state index in [9.17, 15) is 9.90 Å². The predicted molar refractivity (Wildman–Crippen MR) is 96.6 cm³/mol. The molecule has 0 unspecified atom stereocenters. The molecule has 0 bridgehead atoms. The lowest BCUT2D eigenvalue weighted by molar-refractivity contribution is 0.0706. The minimum atomic E-state index is -0.608. The van der Waals surface area contributed by atoms with Crippen molar-refractivity contribution in [2.75, 3.05) is 6.54 Å². The minimum Gasteiger partial charge on any atom is -0.387 e. The molecule has 1 atom stereocenters. The summed E-state index contributed by atoms with van der Waals surface area (Å²) in [7, 11) is 0. The van der Waals surface area contributed by atoms with Crippen LogP contribution in [0.1, 0.15) is 46.2 Å². The van der Waals surface area contributed by atoms with Crippen LogP contribution >= 0.6 is 0 Å². The molecule has 3 heterocycles. The molecule has 1 amide bonds. The summed E-state index contributed by atoms with van der Waals surface area (Å²) in [5, 5.41) is 14.1. The maximum atomic E-state index is 12.9. The SMILES string of the molecule is Cc1nc2ccc(C(=O)N3CCn4nc([C@@H](C)O)cc4C3)cc2nc1C. The van der Waals surface area contributed by atoms with Crippen molar-refractivity contribution in [2.24, 2.45) is 0 Å². The Hall–Kier alpha value is -2.80. The van der Waals surface area contributed by atoms with Gasteiger partial charge in [-0.15, -0.1) is 0 Å². The lowest BCUT2D eigenvalue weighted by Crippen LogP contribution is -2.38. The van der Waals surface area contributed by atoms with Gasteiger partial charge in [0, 0.05) is 12.1 Å². The molecule has 2 aromatic heterocycles. The van der Waals surface area contributed by atoms with Gasteiger partial charge in [-0.25, -0.2) is 9.97 Å². The van der Waals surface area contributed by atoms with Gasteiger partial charge in [0.1, 0.15) is 0 Å². The first-order chi connectivity index (χ1) is 12.4. The molecular weight excluding hydrogens is 330 g/mol. The molecule has 3 aromatic rings. The summed E-state index contributed by atoms with van der Waals surface area (Å²) in [6.07, 6.45) is -0.608. The molecule has 1 aliphatic heterocycles. The fourth-order valence-corrected chi connectivity index (χ4v) is 3.21. The molecule has 0 saturated carbocycles. The van der Waals surface area contributed by atoms with Crippen molar-refractivity contribution in [3.8, 4) is 0 Å². The summed E-state index contributed by atoms with van der Waals surface area (Å²) in [6, 6.07) is 7.33. The smallest absolute Gasteiger partial charge is 0.254 e. The number of hydrogen-bond acceptors (Lipinski definition) is 5. The van der Waals surface area contributed by atoms with Crippen molar-refractivity contribution < 1.29 is 9.90 Å². The average molecular weight is 351 g/mol. The molecule has 7 heteroatoms. The zero-order valence-corrected chi connectivity index (χ0v) is 15.1. The maximum absolute atomic E-state index is 12.9. The van der Waals surface area contributed by atoms with E-state index in [1.807, 2.05) is 36.7 Å². The van der Waals surface area contributed by atoms with Gasteiger partial charge in [-0.05, 0) is 45.0 Å². The zero-order valence-electron chi connectivity index (χ0n) is 15.1. The first kappa shape index (κ1) is 16.7. The highest BCUT2D eigenvalue weighted by atomic mass is 16.3. The molecule has 0 aliphatic carbocycles. The Morgan fingerprint density at radius 1 is 1.12 bits per heavy atom. The molecule has 0 radical (unpaired) electrons. The summed E-state index contributed by atoms with van der Waals surface area (Å²) < 4.78 is 1.86. The molecule has 7 nitrogen and oxygen atoms in total. The van der Waals surface area contributed by atoms with Crippen LogP contribution in [0.15, 0.2) is 24.3 Å². The number of aryl methyl sites for hydroxylation is 2. The van der Waals surface area contributed by atoms with Crippen molar-refractivity contribution >= 4 is 16.9 Å². The fourth-order valence-electron chi connectivity index (χ4n) is 3.21. The molecule has 0 spiro atoms. The van der Waals surface area contributed by atoms with E-state index >= 15 is 0 Å². The van der Waals surface area contributed by atoms with Crippen LogP contribution in [0, 0.1) is 13.8 Å². The van der Waals surface area contributed by atoms with Gasteiger partial charge in [-0.2, -0.15) is 5.10 Å². The number of amides is 1. The third-order valence-corrected chi connectivity index (χ3v) is 4.85. The highest BCUT2D eigenvalue weighted by molar-refractivity contribution is 5.97. The summed E-state index contributed by atoms with van der Waals surface area (Å²) >= 11 is 0. The van der Waals surface area contributed by atoms with Crippen LogP contribution in [0.2, 0.25) is 0 Å². The van der Waals surface area contributed by atoms with E-state index in [1.54, 1.807) is 17.9 Å². The van der Waals surface area contributed by atoms with E-state index < -0.39 is 6.10 Å². The second-order valence-corrected chi connectivity index (χ2v) is 6.78. The van der Waals surface area contributed by atoms with Gasteiger partial charge in [-0.1, -0.05) is 0 Å². The second-order valence-electron chi connectivity index (χ2n) is 6.78. The highest BCUT2D eigenvalue weighted by Crippen LogP contribution is 2.21. The van der Waals surface area contributed by atoms with E-state index in [0.29, 0.717) is 30.9 Å². The number of nitrogens with zero attached hydrogens (tertiary/aromatic N) is 5. The topological polar surface area (TPSA) is 84.1 Å². The van der Waals surface area contributed by atoms with Crippen LogP contribution in [0.25, 0.3) is 11.0 Å². The van der Waals surface area contributed by atoms with Gasteiger partial charge in [0.25, 0.3) is 5.91 Å².